The zero-order valence-corrected chi connectivity index (χ0v) is 9.08. The zero-order valence-electron chi connectivity index (χ0n) is 8.26. The van der Waals surface area contributed by atoms with Crippen molar-refractivity contribution in [1.29, 1.82) is 0 Å². The highest BCUT2D eigenvalue weighted by molar-refractivity contribution is 7.90. The zero-order chi connectivity index (χ0) is 11.9. The summed E-state index contributed by atoms with van der Waals surface area (Å²) in [5.41, 5.74) is 0.273. The average molecular weight is 240 g/mol. The van der Waals surface area contributed by atoms with Gasteiger partial charge in [-0.2, -0.15) is 5.10 Å². The molecule has 1 aromatic heterocycles. The number of sulfone groups is 1. The second kappa shape index (κ2) is 3.31. The number of carboxylic acid groups (broad SMARTS) is 1. The number of hydrogen-bond donors (Lipinski definition) is 2. The number of nitrogens with zero attached hydrogens (tertiary/aromatic N) is 1. The van der Waals surface area contributed by atoms with E-state index in [9.17, 15) is 13.2 Å². The van der Waals surface area contributed by atoms with E-state index in [1.165, 1.54) is 18.2 Å². The number of nitrogens with one attached hydrogen (secondary N) is 1. The molecule has 0 saturated carbocycles. The molecule has 0 aliphatic heterocycles. The summed E-state index contributed by atoms with van der Waals surface area (Å²) in [4.78, 5) is 10.9. The molecule has 1 aromatic carbocycles. The van der Waals surface area contributed by atoms with Crippen molar-refractivity contribution < 1.29 is 18.3 Å². The molecule has 0 amide bonds. The SMILES string of the molecule is CS(=O)(=O)c1ccc2c(C(=O)O)n[nH]c2c1. The fourth-order valence-electron chi connectivity index (χ4n) is 1.39. The molecule has 2 rings (SSSR count). The molecule has 84 valence electrons. The predicted molar refractivity (Wildman–Crippen MR) is 56.2 cm³/mol. The quantitative estimate of drug-likeness (QED) is 0.803. The van der Waals surface area contributed by atoms with Crippen molar-refractivity contribution >= 4 is 26.7 Å². The van der Waals surface area contributed by atoms with Gasteiger partial charge in [0, 0.05) is 11.6 Å². The maximum Gasteiger partial charge on any atom is 0.357 e. The lowest BCUT2D eigenvalue weighted by atomic mass is 10.2. The van der Waals surface area contributed by atoms with Crippen LogP contribution in [0.5, 0.6) is 0 Å². The second-order valence-electron chi connectivity index (χ2n) is 3.36. The van der Waals surface area contributed by atoms with Crippen LogP contribution in [0.2, 0.25) is 0 Å². The van der Waals surface area contributed by atoms with Gasteiger partial charge in [0.2, 0.25) is 0 Å². The first kappa shape index (κ1) is 10.6. The lowest BCUT2D eigenvalue weighted by Crippen LogP contribution is -1.98. The monoisotopic (exact) mass is 240 g/mol. The molecule has 2 N–H and O–H groups in total. The summed E-state index contributed by atoms with van der Waals surface area (Å²) in [5, 5.41) is 15.3. The predicted octanol–water partition coefficient (Wildman–Crippen LogP) is 0.665. The van der Waals surface area contributed by atoms with Gasteiger partial charge in [-0.05, 0) is 18.2 Å². The molecule has 0 aliphatic carbocycles. The van der Waals surface area contributed by atoms with Crippen molar-refractivity contribution in [3.63, 3.8) is 0 Å². The van der Waals surface area contributed by atoms with E-state index in [1.807, 2.05) is 0 Å². The molecule has 0 atom stereocenters. The van der Waals surface area contributed by atoms with Crippen LogP contribution in [0, 0.1) is 0 Å². The summed E-state index contributed by atoms with van der Waals surface area (Å²) in [7, 11) is -3.30. The molecule has 6 nitrogen and oxygen atoms in total. The smallest absolute Gasteiger partial charge is 0.357 e. The summed E-state index contributed by atoms with van der Waals surface area (Å²) in [6, 6.07) is 4.16. The third-order valence-electron chi connectivity index (χ3n) is 2.17. The molecular formula is C9H8N2O4S. The van der Waals surface area contributed by atoms with Gasteiger partial charge in [0.1, 0.15) is 0 Å². The number of H-pyrrole nitrogens is 1. The van der Waals surface area contributed by atoms with Crippen molar-refractivity contribution in [3.05, 3.63) is 23.9 Å². The number of hydrogen-bond acceptors (Lipinski definition) is 4. The number of aromatic nitrogens is 2. The van der Waals surface area contributed by atoms with Crippen LogP contribution in [0.3, 0.4) is 0 Å². The molecule has 0 aliphatic rings. The van der Waals surface area contributed by atoms with Gasteiger partial charge in [-0.25, -0.2) is 13.2 Å². The number of rotatable bonds is 2. The van der Waals surface area contributed by atoms with Crippen molar-refractivity contribution in [2.24, 2.45) is 0 Å². The first-order chi connectivity index (χ1) is 7.39. The molecule has 1 heterocycles. The Hall–Kier alpha value is -1.89. The van der Waals surface area contributed by atoms with Crippen LogP contribution in [-0.4, -0.2) is 35.9 Å². The summed E-state index contributed by atoms with van der Waals surface area (Å²) >= 11 is 0. The van der Waals surface area contributed by atoms with Crippen LogP contribution in [0.1, 0.15) is 10.5 Å². The normalized spacial score (nSPS) is 11.8. The van der Waals surface area contributed by atoms with Gasteiger partial charge in [-0.3, -0.25) is 5.10 Å². The Labute approximate surface area is 90.8 Å². The third-order valence-corrected chi connectivity index (χ3v) is 3.28. The van der Waals surface area contributed by atoms with Crippen molar-refractivity contribution in [2.45, 2.75) is 4.90 Å². The van der Waals surface area contributed by atoms with E-state index in [0.717, 1.165) is 6.26 Å². The Balaban J connectivity index is 2.71. The Morgan fingerprint density at radius 3 is 2.69 bits per heavy atom. The number of aromatic carboxylic acids is 1. The molecule has 0 bridgehead atoms. The number of carboxylic acids is 1. The Morgan fingerprint density at radius 1 is 1.44 bits per heavy atom. The van der Waals surface area contributed by atoms with Crippen LogP contribution in [-0.2, 0) is 9.84 Å². The van der Waals surface area contributed by atoms with E-state index in [0.29, 0.717) is 10.9 Å². The van der Waals surface area contributed by atoms with E-state index in [4.69, 9.17) is 5.11 Å². The largest absolute Gasteiger partial charge is 0.476 e. The fraction of sp³-hybridized carbons (Fsp3) is 0.111. The van der Waals surface area contributed by atoms with E-state index >= 15 is 0 Å². The maximum atomic E-state index is 11.3. The highest BCUT2D eigenvalue weighted by Gasteiger charge is 2.15. The molecule has 7 heteroatoms. The minimum absolute atomic E-state index is 0.116. The van der Waals surface area contributed by atoms with Crippen molar-refractivity contribution in [1.82, 2.24) is 10.2 Å². The Bertz CT molecular complexity index is 672. The fourth-order valence-corrected chi connectivity index (χ4v) is 2.04. The lowest BCUT2D eigenvalue weighted by molar-refractivity contribution is 0.0692. The summed E-state index contributed by atoms with van der Waals surface area (Å²) < 4.78 is 22.5. The number of carbonyl (C=O) groups is 1. The van der Waals surface area contributed by atoms with Gasteiger partial charge in [0.05, 0.1) is 10.4 Å². The van der Waals surface area contributed by atoms with Gasteiger partial charge in [-0.1, -0.05) is 0 Å². The number of fused-ring (bicyclic) bond motifs is 1. The highest BCUT2D eigenvalue weighted by Crippen LogP contribution is 2.20. The minimum atomic E-state index is -3.30. The minimum Gasteiger partial charge on any atom is -0.476 e. The standard InChI is InChI=1S/C9H8N2O4S/c1-16(14,15)5-2-3-6-7(4-5)10-11-8(6)9(12)13/h2-4H,1H3,(H,10,11)(H,12,13). The van der Waals surface area contributed by atoms with E-state index in [2.05, 4.69) is 10.2 Å². The van der Waals surface area contributed by atoms with E-state index in [1.54, 1.807) is 0 Å². The van der Waals surface area contributed by atoms with Gasteiger partial charge in [-0.15, -0.1) is 0 Å². The van der Waals surface area contributed by atoms with Crippen LogP contribution in [0.15, 0.2) is 23.1 Å². The molecule has 0 saturated heterocycles. The van der Waals surface area contributed by atoms with Crippen LogP contribution >= 0.6 is 0 Å². The van der Waals surface area contributed by atoms with Gasteiger partial charge in [0.25, 0.3) is 0 Å². The summed E-state index contributed by atoms with van der Waals surface area (Å²) in [6.45, 7) is 0. The Morgan fingerprint density at radius 2 is 2.12 bits per heavy atom. The molecule has 2 aromatic rings. The van der Waals surface area contributed by atoms with Gasteiger partial charge >= 0.3 is 5.97 Å². The van der Waals surface area contributed by atoms with Crippen molar-refractivity contribution in [3.8, 4) is 0 Å². The molecular weight excluding hydrogens is 232 g/mol. The first-order valence-corrected chi connectivity index (χ1v) is 6.20. The highest BCUT2D eigenvalue weighted by atomic mass is 32.2. The van der Waals surface area contributed by atoms with Crippen LogP contribution in [0.25, 0.3) is 10.9 Å². The molecule has 0 spiro atoms. The van der Waals surface area contributed by atoms with Gasteiger partial charge in [0.15, 0.2) is 15.5 Å². The van der Waals surface area contributed by atoms with Gasteiger partial charge < -0.3 is 5.11 Å². The van der Waals surface area contributed by atoms with E-state index < -0.39 is 15.8 Å². The lowest BCUT2D eigenvalue weighted by Gasteiger charge is -1.97. The van der Waals surface area contributed by atoms with Crippen LogP contribution < -0.4 is 0 Å². The number of aromatic amines is 1. The summed E-state index contributed by atoms with van der Waals surface area (Å²) in [6.07, 6.45) is 1.09. The second-order valence-corrected chi connectivity index (χ2v) is 5.37. The molecule has 16 heavy (non-hydrogen) atoms. The maximum absolute atomic E-state index is 11.3. The third kappa shape index (κ3) is 1.65. The topological polar surface area (TPSA) is 100 Å². The summed E-state index contributed by atoms with van der Waals surface area (Å²) in [5.74, 6) is -1.15. The van der Waals surface area contributed by atoms with E-state index in [-0.39, 0.29) is 10.6 Å². The Kier molecular flexibility index (Phi) is 2.20. The van der Waals surface area contributed by atoms with Crippen molar-refractivity contribution in [2.75, 3.05) is 6.26 Å². The number of benzene rings is 1. The molecule has 0 fully saturated rings. The first-order valence-electron chi connectivity index (χ1n) is 4.31. The molecule has 0 radical (unpaired) electrons. The van der Waals surface area contributed by atoms with Crippen LogP contribution in [0.4, 0.5) is 0 Å². The average Bonchev–Trinajstić information content (AvgIpc) is 2.58. The molecule has 0 unspecified atom stereocenters.